The zero-order valence-electron chi connectivity index (χ0n) is 18.3. The molecular formula is C23H21IN2O7S. The van der Waals surface area contributed by atoms with Crippen LogP contribution in [-0.2, 0) is 9.59 Å². The summed E-state index contributed by atoms with van der Waals surface area (Å²) in [6, 6.07) is 9.65. The number of aliphatic carboxylic acids is 1. The quantitative estimate of drug-likeness (QED) is 0.321. The molecule has 2 N–H and O–H groups in total. The normalized spacial score (nSPS) is 15.7. The Hall–Kier alpha value is -3.06. The summed E-state index contributed by atoms with van der Waals surface area (Å²) in [5.41, 5.74) is 1.22. The molecular weight excluding hydrogens is 575 g/mol. The number of aliphatic imine (C=N–C) groups is 1. The summed E-state index contributed by atoms with van der Waals surface area (Å²) < 4.78 is 11.6. The van der Waals surface area contributed by atoms with Crippen LogP contribution in [-0.4, -0.2) is 57.9 Å². The molecule has 2 aromatic carbocycles. The third kappa shape index (κ3) is 6.08. The highest BCUT2D eigenvalue weighted by Gasteiger charge is 2.32. The van der Waals surface area contributed by atoms with Gasteiger partial charge in [0, 0.05) is 6.54 Å². The second-order valence-corrected chi connectivity index (χ2v) is 9.03. The summed E-state index contributed by atoms with van der Waals surface area (Å²) in [7, 11) is 0. The number of rotatable bonds is 9. The third-order valence-corrected chi connectivity index (χ3v) is 6.30. The van der Waals surface area contributed by atoms with Crippen molar-refractivity contribution in [1.82, 2.24) is 4.90 Å². The van der Waals surface area contributed by atoms with Gasteiger partial charge in [0.25, 0.3) is 5.91 Å². The van der Waals surface area contributed by atoms with Gasteiger partial charge in [-0.2, -0.15) is 0 Å². The third-order valence-electron chi connectivity index (χ3n) is 4.49. The average Bonchev–Trinajstić information content (AvgIpc) is 3.07. The van der Waals surface area contributed by atoms with Crippen LogP contribution in [0.4, 0.5) is 5.69 Å². The lowest BCUT2D eigenvalue weighted by Gasteiger charge is -2.14. The number of likely N-dealkylation sites (N-methyl/N-ethyl adjacent to an activating group) is 1. The second-order valence-electron chi connectivity index (χ2n) is 6.86. The molecule has 1 aliphatic rings. The molecule has 9 nitrogen and oxygen atoms in total. The predicted molar refractivity (Wildman–Crippen MR) is 137 cm³/mol. The van der Waals surface area contributed by atoms with Gasteiger partial charge in [0.2, 0.25) is 0 Å². The molecule has 0 aliphatic carbocycles. The van der Waals surface area contributed by atoms with Crippen molar-refractivity contribution in [3.8, 4) is 11.5 Å². The summed E-state index contributed by atoms with van der Waals surface area (Å²) in [6.07, 6.45) is 1.71. The van der Waals surface area contributed by atoms with E-state index in [0.717, 1.165) is 0 Å². The molecule has 0 atom stereocenters. The zero-order valence-corrected chi connectivity index (χ0v) is 21.3. The first-order valence-electron chi connectivity index (χ1n) is 10.2. The number of nitrogens with zero attached hydrogens (tertiary/aromatic N) is 2. The van der Waals surface area contributed by atoms with E-state index < -0.39 is 18.5 Å². The number of ether oxygens (including phenoxy) is 2. The minimum atomic E-state index is -1.10. The van der Waals surface area contributed by atoms with Crippen molar-refractivity contribution in [2.45, 2.75) is 13.8 Å². The largest absolute Gasteiger partial charge is 0.490 e. The molecule has 178 valence electrons. The Morgan fingerprint density at radius 1 is 1.18 bits per heavy atom. The first-order chi connectivity index (χ1) is 16.2. The van der Waals surface area contributed by atoms with Crippen LogP contribution in [0.1, 0.15) is 29.8 Å². The molecule has 1 saturated heterocycles. The number of amidine groups is 1. The van der Waals surface area contributed by atoms with Crippen LogP contribution < -0.4 is 9.47 Å². The smallest absolute Gasteiger partial charge is 0.341 e. The molecule has 1 fully saturated rings. The van der Waals surface area contributed by atoms with Gasteiger partial charge in [-0.15, -0.1) is 0 Å². The van der Waals surface area contributed by atoms with Crippen molar-refractivity contribution in [2.24, 2.45) is 4.99 Å². The summed E-state index contributed by atoms with van der Waals surface area (Å²) in [5, 5.41) is 18.6. The van der Waals surface area contributed by atoms with Gasteiger partial charge >= 0.3 is 11.9 Å². The Balaban J connectivity index is 1.95. The van der Waals surface area contributed by atoms with Crippen molar-refractivity contribution in [1.29, 1.82) is 0 Å². The van der Waals surface area contributed by atoms with Gasteiger partial charge in [0.1, 0.15) is 0 Å². The van der Waals surface area contributed by atoms with Gasteiger partial charge in [0.05, 0.1) is 26.3 Å². The van der Waals surface area contributed by atoms with Gasteiger partial charge < -0.3 is 19.7 Å². The molecule has 34 heavy (non-hydrogen) atoms. The lowest BCUT2D eigenvalue weighted by Crippen LogP contribution is -2.28. The Morgan fingerprint density at radius 2 is 1.94 bits per heavy atom. The van der Waals surface area contributed by atoms with Crippen molar-refractivity contribution < 1.29 is 34.1 Å². The molecule has 0 unspecified atom stereocenters. The summed E-state index contributed by atoms with van der Waals surface area (Å²) in [6.45, 7) is 3.87. The van der Waals surface area contributed by atoms with Crippen molar-refractivity contribution in [2.75, 3.05) is 19.8 Å². The first kappa shape index (κ1) is 25.6. The van der Waals surface area contributed by atoms with Crippen LogP contribution in [0, 0.1) is 3.57 Å². The predicted octanol–water partition coefficient (Wildman–Crippen LogP) is 4.48. The molecule has 11 heteroatoms. The molecule has 0 spiro atoms. The van der Waals surface area contributed by atoms with E-state index in [1.165, 1.54) is 28.8 Å². The highest BCUT2D eigenvalue weighted by atomic mass is 127. The Bertz CT molecular complexity index is 1200. The average molecular weight is 596 g/mol. The maximum absolute atomic E-state index is 13.0. The van der Waals surface area contributed by atoms with E-state index in [-0.39, 0.29) is 11.5 Å². The van der Waals surface area contributed by atoms with Gasteiger partial charge in [0.15, 0.2) is 23.3 Å². The standard InChI is InChI=1S/C23H21IN2O7S/c1-3-26-21(29)18(34-23(26)25-15-7-5-6-14(11-15)22(30)31)10-13-8-16(24)20(33-12-19(27)28)17(9-13)32-4-2/h5-11H,3-4,12H2,1-2H3,(H,27,28)(H,30,31)/b18-10+,25-23?. The number of carbonyl (C=O) groups excluding carboxylic acids is 1. The van der Waals surface area contributed by atoms with E-state index in [2.05, 4.69) is 4.99 Å². The number of carboxylic acids is 2. The fourth-order valence-electron chi connectivity index (χ4n) is 3.05. The summed E-state index contributed by atoms with van der Waals surface area (Å²) >= 11 is 3.21. The zero-order chi connectivity index (χ0) is 24.8. The lowest BCUT2D eigenvalue weighted by atomic mass is 10.2. The Morgan fingerprint density at radius 3 is 2.59 bits per heavy atom. The van der Waals surface area contributed by atoms with Gasteiger partial charge in [-0.3, -0.25) is 9.69 Å². The van der Waals surface area contributed by atoms with E-state index in [4.69, 9.17) is 14.6 Å². The highest BCUT2D eigenvalue weighted by Crippen LogP contribution is 2.38. The van der Waals surface area contributed by atoms with E-state index in [1.807, 2.05) is 29.5 Å². The van der Waals surface area contributed by atoms with Gasteiger partial charge in [-0.1, -0.05) is 6.07 Å². The van der Waals surface area contributed by atoms with Crippen molar-refractivity contribution in [3.63, 3.8) is 0 Å². The topological polar surface area (TPSA) is 126 Å². The van der Waals surface area contributed by atoms with Gasteiger partial charge in [-0.25, -0.2) is 14.6 Å². The number of halogens is 1. The van der Waals surface area contributed by atoms with E-state index in [9.17, 15) is 19.5 Å². The lowest BCUT2D eigenvalue weighted by molar-refractivity contribution is -0.139. The van der Waals surface area contributed by atoms with Crippen LogP contribution in [0.2, 0.25) is 0 Å². The fourth-order valence-corrected chi connectivity index (χ4v) is 4.89. The van der Waals surface area contributed by atoms with Crippen LogP contribution >= 0.6 is 34.4 Å². The van der Waals surface area contributed by atoms with Crippen molar-refractivity contribution in [3.05, 3.63) is 56.0 Å². The number of hydrogen-bond donors (Lipinski definition) is 2. The Labute approximate surface area is 213 Å². The number of thioether (sulfide) groups is 1. The highest BCUT2D eigenvalue weighted by molar-refractivity contribution is 14.1. The molecule has 0 bridgehead atoms. The molecule has 1 aliphatic heterocycles. The number of aromatic carboxylic acids is 1. The maximum atomic E-state index is 13.0. The fraction of sp³-hybridized carbons (Fsp3) is 0.217. The van der Waals surface area contributed by atoms with Crippen molar-refractivity contribution >= 4 is 69.1 Å². The summed E-state index contributed by atoms with van der Waals surface area (Å²) in [4.78, 5) is 41.6. The minimum absolute atomic E-state index is 0.109. The number of carboxylic acid groups (broad SMARTS) is 2. The van der Waals surface area contributed by atoms with E-state index >= 15 is 0 Å². The van der Waals surface area contributed by atoms with Crippen LogP contribution in [0.3, 0.4) is 0 Å². The van der Waals surface area contributed by atoms with Crippen LogP contribution in [0.5, 0.6) is 11.5 Å². The van der Waals surface area contributed by atoms with Crippen LogP contribution in [0.15, 0.2) is 46.3 Å². The SMILES string of the molecule is CCOc1cc(/C=C2/SC(=Nc3cccc(C(=O)O)c3)N(CC)C2=O)cc(I)c1OCC(=O)O. The van der Waals surface area contributed by atoms with Crippen LogP contribution in [0.25, 0.3) is 6.08 Å². The first-order valence-corrected chi connectivity index (χ1v) is 12.1. The number of hydrogen-bond acceptors (Lipinski definition) is 7. The number of amides is 1. The molecule has 0 aromatic heterocycles. The Kier molecular flexibility index (Phi) is 8.56. The summed E-state index contributed by atoms with van der Waals surface area (Å²) in [5.74, 6) is -1.67. The molecule has 3 rings (SSSR count). The maximum Gasteiger partial charge on any atom is 0.341 e. The molecule has 2 aromatic rings. The van der Waals surface area contributed by atoms with E-state index in [0.29, 0.717) is 49.5 Å². The molecule has 0 saturated carbocycles. The second kappa shape index (κ2) is 11.4. The number of carbonyl (C=O) groups is 3. The van der Waals surface area contributed by atoms with Gasteiger partial charge in [-0.05, 0) is 90.2 Å². The van der Waals surface area contributed by atoms with E-state index in [1.54, 1.807) is 37.3 Å². The molecule has 0 radical (unpaired) electrons. The molecule has 1 heterocycles. The number of benzene rings is 2. The molecule has 1 amide bonds. The monoisotopic (exact) mass is 596 g/mol. The minimum Gasteiger partial charge on any atom is -0.490 e.